The van der Waals surface area contributed by atoms with Gasteiger partial charge in [-0.1, -0.05) is 25.5 Å². The molecular formula is C18H31N3O. The number of nitrogens with one attached hydrogen (secondary N) is 1. The Morgan fingerprint density at radius 1 is 1.14 bits per heavy atom. The van der Waals surface area contributed by atoms with Gasteiger partial charge in [-0.15, -0.1) is 0 Å². The molecule has 1 aliphatic carbocycles. The third-order valence-electron chi connectivity index (χ3n) is 5.65. The van der Waals surface area contributed by atoms with Crippen molar-refractivity contribution in [2.24, 2.45) is 11.8 Å². The zero-order chi connectivity index (χ0) is 15.4. The van der Waals surface area contributed by atoms with Crippen LogP contribution in [0.3, 0.4) is 0 Å². The molecule has 3 rings (SSSR count). The van der Waals surface area contributed by atoms with Crippen LogP contribution in [0.15, 0.2) is 12.2 Å². The van der Waals surface area contributed by atoms with E-state index in [4.69, 9.17) is 0 Å². The van der Waals surface area contributed by atoms with E-state index in [1.807, 2.05) is 0 Å². The van der Waals surface area contributed by atoms with Crippen molar-refractivity contribution in [3.63, 3.8) is 0 Å². The fraction of sp³-hybridized carbons (Fsp3) is 0.833. The molecule has 22 heavy (non-hydrogen) atoms. The first kappa shape index (κ1) is 15.9. The number of unbranched alkanes of at least 4 members (excludes halogenated alkanes) is 1. The van der Waals surface area contributed by atoms with Gasteiger partial charge < -0.3 is 15.1 Å². The minimum Gasteiger partial charge on any atom is -0.335 e. The molecule has 0 bridgehead atoms. The van der Waals surface area contributed by atoms with E-state index in [-0.39, 0.29) is 6.03 Å². The zero-order valence-electron chi connectivity index (χ0n) is 14.0. The molecule has 0 radical (unpaired) electrons. The summed E-state index contributed by atoms with van der Waals surface area (Å²) in [5, 5.41) is 3.29. The summed E-state index contributed by atoms with van der Waals surface area (Å²) in [7, 11) is 0. The van der Waals surface area contributed by atoms with Crippen LogP contribution >= 0.6 is 0 Å². The molecule has 0 aromatic heterocycles. The van der Waals surface area contributed by atoms with Crippen molar-refractivity contribution in [3.05, 3.63) is 12.2 Å². The summed E-state index contributed by atoms with van der Waals surface area (Å²) >= 11 is 0. The maximum atomic E-state index is 12.5. The standard InChI is InChI=1S/C18H31N3O/c1-2-3-10-20-11-8-17(9-12-20)19-18(22)21-13-15-6-4-5-7-16(15)14-21/h4-5,15-17H,2-3,6-14H2,1H3,(H,19,22). The van der Waals surface area contributed by atoms with Crippen LogP contribution in [0.25, 0.3) is 0 Å². The topological polar surface area (TPSA) is 35.6 Å². The maximum Gasteiger partial charge on any atom is 0.317 e. The minimum absolute atomic E-state index is 0.182. The molecule has 2 atom stereocenters. The smallest absolute Gasteiger partial charge is 0.317 e. The summed E-state index contributed by atoms with van der Waals surface area (Å²) in [5.74, 6) is 1.40. The van der Waals surface area contributed by atoms with Gasteiger partial charge in [0, 0.05) is 32.2 Å². The minimum atomic E-state index is 0.182. The molecule has 2 unspecified atom stereocenters. The van der Waals surface area contributed by atoms with Crippen LogP contribution in [-0.2, 0) is 0 Å². The molecule has 2 aliphatic heterocycles. The third kappa shape index (κ3) is 3.83. The number of amides is 2. The third-order valence-corrected chi connectivity index (χ3v) is 5.65. The number of nitrogens with zero attached hydrogens (tertiary/aromatic N) is 2. The SMILES string of the molecule is CCCCN1CCC(NC(=O)N2CC3CC=CCC3C2)CC1. The van der Waals surface area contributed by atoms with E-state index in [1.54, 1.807) is 0 Å². The van der Waals surface area contributed by atoms with E-state index >= 15 is 0 Å². The second-order valence-corrected chi connectivity index (χ2v) is 7.29. The molecule has 3 aliphatic rings. The normalized spacial score (nSPS) is 29.6. The largest absolute Gasteiger partial charge is 0.335 e. The second kappa shape index (κ2) is 7.49. The predicted molar refractivity (Wildman–Crippen MR) is 89.8 cm³/mol. The lowest BCUT2D eigenvalue weighted by atomic mass is 9.86. The van der Waals surface area contributed by atoms with Gasteiger partial charge in [0.2, 0.25) is 0 Å². The monoisotopic (exact) mass is 305 g/mol. The highest BCUT2D eigenvalue weighted by Crippen LogP contribution is 2.32. The number of fused-ring (bicyclic) bond motifs is 1. The number of carbonyl (C=O) groups excluding carboxylic acids is 1. The van der Waals surface area contributed by atoms with Gasteiger partial charge in [0.25, 0.3) is 0 Å². The molecule has 124 valence electrons. The Morgan fingerprint density at radius 3 is 2.36 bits per heavy atom. The highest BCUT2D eigenvalue weighted by Gasteiger charge is 2.35. The van der Waals surface area contributed by atoms with Gasteiger partial charge in [-0.2, -0.15) is 0 Å². The number of allylic oxidation sites excluding steroid dienone is 2. The van der Waals surface area contributed by atoms with Crippen molar-refractivity contribution in [1.82, 2.24) is 15.1 Å². The molecule has 0 spiro atoms. The Morgan fingerprint density at radius 2 is 1.77 bits per heavy atom. The molecule has 2 fully saturated rings. The van der Waals surface area contributed by atoms with Gasteiger partial charge in [-0.3, -0.25) is 0 Å². The Kier molecular flexibility index (Phi) is 5.40. The quantitative estimate of drug-likeness (QED) is 0.811. The van der Waals surface area contributed by atoms with Gasteiger partial charge in [0.1, 0.15) is 0 Å². The summed E-state index contributed by atoms with van der Waals surface area (Å²) in [6.45, 7) is 7.66. The van der Waals surface area contributed by atoms with Gasteiger partial charge in [0.05, 0.1) is 0 Å². The van der Waals surface area contributed by atoms with Gasteiger partial charge in [-0.05, 0) is 50.5 Å². The molecule has 4 nitrogen and oxygen atoms in total. The van der Waals surface area contributed by atoms with E-state index in [0.717, 1.165) is 51.9 Å². The van der Waals surface area contributed by atoms with E-state index in [0.29, 0.717) is 17.9 Å². The molecule has 2 heterocycles. The number of carbonyl (C=O) groups is 1. The Hall–Kier alpha value is -1.03. The van der Waals surface area contributed by atoms with Crippen molar-refractivity contribution in [2.45, 2.75) is 51.5 Å². The van der Waals surface area contributed by atoms with Crippen LogP contribution in [-0.4, -0.2) is 54.6 Å². The van der Waals surface area contributed by atoms with Gasteiger partial charge in [0.15, 0.2) is 0 Å². The number of urea groups is 1. The molecule has 0 aromatic rings. The van der Waals surface area contributed by atoms with Crippen molar-refractivity contribution in [1.29, 1.82) is 0 Å². The van der Waals surface area contributed by atoms with Crippen LogP contribution in [0.1, 0.15) is 45.4 Å². The summed E-state index contributed by atoms with van der Waals surface area (Å²) < 4.78 is 0. The number of hydrogen-bond acceptors (Lipinski definition) is 2. The van der Waals surface area contributed by atoms with Crippen LogP contribution in [0.5, 0.6) is 0 Å². The molecule has 4 heteroatoms. The molecule has 0 saturated carbocycles. The average Bonchev–Trinajstić information content (AvgIpc) is 2.98. The molecule has 2 saturated heterocycles. The van der Waals surface area contributed by atoms with Crippen LogP contribution in [0.2, 0.25) is 0 Å². The summed E-state index contributed by atoms with van der Waals surface area (Å²) in [6.07, 6.45) is 11.7. The van der Waals surface area contributed by atoms with Crippen LogP contribution in [0.4, 0.5) is 4.79 Å². The average molecular weight is 305 g/mol. The zero-order valence-corrected chi connectivity index (χ0v) is 14.0. The Bertz CT molecular complexity index is 385. The lowest BCUT2D eigenvalue weighted by Crippen LogP contribution is -2.49. The number of hydrogen-bond donors (Lipinski definition) is 1. The van der Waals surface area contributed by atoms with E-state index < -0.39 is 0 Å². The fourth-order valence-corrected chi connectivity index (χ4v) is 4.13. The molecule has 0 aromatic carbocycles. The predicted octanol–water partition coefficient (Wildman–Crippen LogP) is 2.86. The van der Waals surface area contributed by atoms with Gasteiger partial charge >= 0.3 is 6.03 Å². The number of piperidine rings is 1. The summed E-state index contributed by atoms with van der Waals surface area (Å²) in [6, 6.07) is 0.563. The number of rotatable bonds is 4. The maximum absolute atomic E-state index is 12.5. The van der Waals surface area contributed by atoms with E-state index in [1.165, 1.54) is 19.4 Å². The van der Waals surface area contributed by atoms with Crippen molar-refractivity contribution in [3.8, 4) is 0 Å². The summed E-state index contributed by atoms with van der Waals surface area (Å²) in [4.78, 5) is 17.1. The Balaban J connectivity index is 1.40. The second-order valence-electron chi connectivity index (χ2n) is 7.29. The van der Waals surface area contributed by atoms with Crippen molar-refractivity contribution < 1.29 is 4.79 Å². The number of likely N-dealkylation sites (tertiary alicyclic amines) is 2. The highest BCUT2D eigenvalue weighted by molar-refractivity contribution is 5.75. The highest BCUT2D eigenvalue weighted by atomic mass is 16.2. The van der Waals surface area contributed by atoms with E-state index in [9.17, 15) is 4.79 Å². The first-order chi connectivity index (χ1) is 10.8. The van der Waals surface area contributed by atoms with E-state index in [2.05, 4.69) is 34.2 Å². The molecule has 2 amide bonds. The fourth-order valence-electron chi connectivity index (χ4n) is 4.13. The lowest BCUT2D eigenvalue weighted by molar-refractivity contribution is 0.175. The van der Waals surface area contributed by atoms with Crippen molar-refractivity contribution >= 4 is 6.03 Å². The van der Waals surface area contributed by atoms with Gasteiger partial charge in [-0.25, -0.2) is 4.79 Å². The Labute approximate surface area is 134 Å². The first-order valence-electron chi connectivity index (χ1n) is 9.19. The molecule has 1 N–H and O–H groups in total. The van der Waals surface area contributed by atoms with Crippen LogP contribution in [0, 0.1) is 11.8 Å². The summed E-state index contributed by atoms with van der Waals surface area (Å²) in [5.41, 5.74) is 0. The van der Waals surface area contributed by atoms with Crippen LogP contribution < -0.4 is 5.32 Å². The lowest BCUT2D eigenvalue weighted by Gasteiger charge is -2.33. The first-order valence-corrected chi connectivity index (χ1v) is 9.19. The van der Waals surface area contributed by atoms with Crippen molar-refractivity contribution in [2.75, 3.05) is 32.7 Å². The molecular weight excluding hydrogens is 274 g/mol.